The maximum Gasteiger partial charge on any atom is 0.220 e. The predicted molar refractivity (Wildman–Crippen MR) is 114 cm³/mol. The second-order valence-corrected chi connectivity index (χ2v) is 8.25. The molecule has 9 heteroatoms. The predicted octanol–water partition coefficient (Wildman–Crippen LogP) is 3.08. The quantitative estimate of drug-likeness (QED) is 0.299. The summed E-state index contributed by atoms with van der Waals surface area (Å²) in [7, 11) is 0. The van der Waals surface area contributed by atoms with E-state index in [4.69, 9.17) is 9.72 Å². The summed E-state index contributed by atoms with van der Waals surface area (Å²) < 4.78 is 7.23. The fourth-order valence-electron chi connectivity index (χ4n) is 2.61. The zero-order chi connectivity index (χ0) is 20.4. The van der Waals surface area contributed by atoms with E-state index in [0.29, 0.717) is 44.5 Å². The minimum atomic E-state index is 0.0854. The lowest BCUT2D eigenvalue weighted by molar-refractivity contribution is -0.121. The summed E-state index contributed by atoms with van der Waals surface area (Å²) in [5, 5.41) is 12.7. The molecule has 2 N–H and O–H groups in total. The molecule has 0 bridgehead atoms. The number of carbonyl (C=O) groups is 1. The number of carbonyl (C=O) groups excluding carboxylic acids is 1. The normalized spacial score (nSPS) is 11.3. The molecule has 2 aromatic rings. The smallest absolute Gasteiger partial charge is 0.220 e. The molecular weight excluding hydrogens is 376 g/mol. The van der Waals surface area contributed by atoms with Crippen molar-refractivity contribution in [2.24, 2.45) is 0 Å². The second-order valence-electron chi connectivity index (χ2n) is 6.70. The lowest BCUT2D eigenvalue weighted by atomic mass is 10.2. The van der Waals surface area contributed by atoms with Crippen molar-refractivity contribution < 1.29 is 9.53 Å². The number of nitrogens with zero attached hydrogens (tertiary/aromatic N) is 4. The van der Waals surface area contributed by atoms with E-state index in [-0.39, 0.29) is 5.91 Å². The molecule has 0 aromatic carbocycles. The standard InChI is InChI=1S/C19H32N6O2S/c1-5-7-8-16(26)20-9-11-25-18-15(13-22-25)17(21-10-12-27-6-2)23-19(24-18)28-14(3)4/h13-14H,5-12H2,1-4H3,(H,20,26)(H,21,23,24). The van der Waals surface area contributed by atoms with Crippen molar-refractivity contribution in [2.45, 2.75) is 63.9 Å². The van der Waals surface area contributed by atoms with Crippen LogP contribution in [0, 0.1) is 0 Å². The van der Waals surface area contributed by atoms with Crippen LogP contribution >= 0.6 is 11.8 Å². The van der Waals surface area contributed by atoms with Gasteiger partial charge >= 0.3 is 0 Å². The number of ether oxygens (including phenoxy) is 1. The van der Waals surface area contributed by atoms with Crippen LogP contribution in [0.5, 0.6) is 0 Å². The molecule has 2 rings (SSSR count). The summed E-state index contributed by atoms with van der Waals surface area (Å²) in [6.07, 6.45) is 4.28. The summed E-state index contributed by atoms with van der Waals surface area (Å²) >= 11 is 1.62. The Bertz CT molecular complexity index is 749. The molecule has 0 aliphatic heterocycles. The zero-order valence-electron chi connectivity index (χ0n) is 17.3. The number of fused-ring (bicyclic) bond motifs is 1. The molecule has 156 valence electrons. The summed E-state index contributed by atoms with van der Waals surface area (Å²) in [4.78, 5) is 21.2. The van der Waals surface area contributed by atoms with Gasteiger partial charge in [0.2, 0.25) is 5.91 Å². The molecule has 0 radical (unpaired) electrons. The first-order chi connectivity index (χ1) is 13.5. The van der Waals surface area contributed by atoms with E-state index in [0.717, 1.165) is 34.8 Å². The summed E-state index contributed by atoms with van der Waals surface area (Å²) in [5.74, 6) is 0.855. The fraction of sp³-hybridized carbons (Fsp3) is 0.684. The van der Waals surface area contributed by atoms with Gasteiger partial charge in [0, 0.05) is 31.4 Å². The van der Waals surface area contributed by atoms with E-state index >= 15 is 0 Å². The van der Waals surface area contributed by atoms with E-state index in [9.17, 15) is 4.79 Å². The van der Waals surface area contributed by atoms with Crippen LogP contribution in [0.1, 0.15) is 47.0 Å². The van der Waals surface area contributed by atoms with Crippen molar-refractivity contribution in [1.82, 2.24) is 25.1 Å². The number of amides is 1. The number of thioether (sulfide) groups is 1. The Balaban J connectivity index is 2.12. The topological polar surface area (TPSA) is 94.0 Å². The largest absolute Gasteiger partial charge is 0.380 e. The monoisotopic (exact) mass is 408 g/mol. The van der Waals surface area contributed by atoms with Crippen LogP contribution in [0.3, 0.4) is 0 Å². The van der Waals surface area contributed by atoms with Gasteiger partial charge in [-0.15, -0.1) is 0 Å². The van der Waals surface area contributed by atoms with Crippen molar-refractivity contribution in [3.05, 3.63) is 6.20 Å². The van der Waals surface area contributed by atoms with Gasteiger partial charge in [0.05, 0.1) is 24.7 Å². The van der Waals surface area contributed by atoms with E-state index in [2.05, 4.69) is 41.5 Å². The van der Waals surface area contributed by atoms with Crippen molar-refractivity contribution in [1.29, 1.82) is 0 Å². The molecule has 0 aliphatic rings. The number of anilines is 1. The number of rotatable bonds is 13. The molecule has 0 spiro atoms. The summed E-state index contributed by atoms with van der Waals surface area (Å²) in [6.45, 7) is 11.4. The van der Waals surface area contributed by atoms with Crippen LogP contribution in [0.4, 0.5) is 5.82 Å². The van der Waals surface area contributed by atoms with Crippen molar-refractivity contribution in [3.63, 3.8) is 0 Å². The Morgan fingerprint density at radius 1 is 1.29 bits per heavy atom. The number of hydrogen-bond donors (Lipinski definition) is 2. The molecule has 0 saturated carbocycles. The van der Waals surface area contributed by atoms with E-state index in [1.54, 1.807) is 18.0 Å². The molecule has 8 nitrogen and oxygen atoms in total. The average Bonchev–Trinajstić information content (AvgIpc) is 3.06. The molecule has 0 saturated heterocycles. The highest BCUT2D eigenvalue weighted by Crippen LogP contribution is 2.26. The van der Waals surface area contributed by atoms with E-state index in [1.807, 2.05) is 11.6 Å². The molecule has 0 fully saturated rings. The highest BCUT2D eigenvalue weighted by atomic mass is 32.2. The number of aromatic nitrogens is 4. The Morgan fingerprint density at radius 3 is 2.82 bits per heavy atom. The van der Waals surface area contributed by atoms with E-state index < -0.39 is 0 Å². The van der Waals surface area contributed by atoms with Gasteiger partial charge in [0.15, 0.2) is 10.8 Å². The highest BCUT2D eigenvalue weighted by Gasteiger charge is 2.14. The first-order valence-electron chi connectivity index (χ1n) is 10.0. The maximum absolute atomic E-state index is 11.8. The van der Waals surface area contributed by atoms with Crippen molar-refractivity contribution in [2.75, 3.05) is 31.6 Å². The second kappa shape index (κ2) is 11.9. The molecule has 0 aliphatic carbocycles. The lowest BCUT2D eigenvalue weighted by Crippen LogP contribution is -2.27. The van der Waals surface area contributed by atoms with Crippen molar-refractivity contribution >= 4 is 34.5 Å². The Kier molecular flexibility index (Phi) is 9.49. The third-order valence-corrected chi connectivity index (χ3v) is 4.83. The molecule has 1 amide bonds. The molecule has 0 atom stereocenters. The fourth-order valence-corrected chi connectivity index (χ4v) is 3.31. The maximum atomic E-state index is 11.8. The van der Waals surface area contributed by atoms with Gasteiger partial charge in [-0.3, -0.25) is 4.79 Å². The highest BCUT2D eigenvalue weighted by molar-refractivity contribution is 7.99. The first kappa shape index (κ1) is 22.4. The van der Waals surface area contributed by atoms with Crippen molar-refractivity contribution in [3.8, 4) is 0 Å². The molecule has 2 aromatic heterocycles. The minimum absolute atomic E-state index is 0.0854. The van der Waals surface area contributed by atoms with Gasteiger partial charge in [-0.05, 0) is 13.3 Å². The Hall–Kier alpha value is -1.87. The first-order valence-corrected chi connectivity index (χ1v) is 10.9. The molecule has 2 heterocycles. The SMILES string of the molecule is CCCCC(=O)NCCn1ncc2c(NCCOCC)nc(SC(C)C)nc21. The summed E-state index contributed by atoms with van der Waals surface area (Å²) in [5.41, 5.74) is 0.778. The molecule has 0 unspecified atom stereocenters. The summed E-state index contributed by atoms with van der Waals surface area (Å²) in [6, 6.07) is 0. The number of nitrogens with one attached hydrogen (secondary N) is 2. The van der Waals surface area contributed by atoms with Crippen LogP contribution in [0.2, 0.25) is 0 Å². The van der Waals surface area contributed by atoms with Gasteiger partial charge in [0.25, 0.3) is 0 Å². The van der Waals surface area contributed by atoms with Crippen LogP contribution in [0.15, 0.2) is 11.4 Å². The third kappa shape index (κ3) is 6.94. The minimum Gasteiger partial charge on any atom is -0.380 e. The van der Waals surface area contributed by atoms with Crippen LogP contribution < -0.4 is 10.6 Å². The van der Waals surface area contributed by atoms with Gasteiger partial charge < -0.3 is 15.4 Å². The van der Waals surface area contributed by atoms with Gasteiger partial charge in [-0.25, -0.2) is 14.6 Å². The number of hydrogen-bond acceptors (Lipinski definition) is 7. The van der Waals surface area contributed by atoms with Crippen LogP contribution in [0.25, 0.3) is 11.0 Å². The van der Waals surface area contributed by atoms with Gasteiger partial charge in [0.1, 0.15) is 5.82 Å². The molecule has 28 heavy (non-hydrogen) atoms. The van der Waals surface area contributed by atoms with E-state index in [1.165, 1.54) is 0 Å². The lowest BCUT2D eigenvalue weighted by Gasteiger charge is -2.11. The zero-order valence-corrected chi connectivity index (χ0v) is 18.1. The molecular formula is C19H32N6O2S. The van der Waals surface area contributed by atoms with Gasteiger partial charge in [-0.1, -0.05) is 39.0 Å². The van der Waals surface area contributed by atoms with Gasteiger partial charge in [-0.2, -0.15) is 5.10 Å². The average molecular weight is 409 g/mol. The van der Waals surface area contributed by atoms with Crippen LogP contribution in [-0.2, 0) is 16.1 Å². The number of unbranched alkanes of at least 4 members (excludes halogenated alkanes) is 1. The Morgan fingerprint density at radius 2 is 2.11 bits per heavy atom. The third-order valence-electron chi connectivity index (χ3n) is 3.96. The van der Waals surface area contributed by atoms with Crippen LogP contribution in [-0.4, -0.2) is 57.2 Å². The Labute approximate surface area is 171 Å².